The van der Waals surface area contributed by atoms with E-state index < -0.39 is 0 Å². The van der Waals surface area contributed by atoms with Crippen molar-refractivity contribution < 1.29 is 4.79 Å². The van der Waals surface area contributed by atoms with Gasteiger partial charge in [-0.05, 0) is 46.5 Å². The number of amides is 1. The van der Waals surface area contributed by atoms with Gasteiger partial charge in [-0.3, -0.25) is 14.2 Å². The summed E-state index contributed by atoms with van der Waals surface area (Å²) in [5.74, 6) is 0.0344. The zero-order chi connectivity index (χ0) is 19.1. The van der Waals surface area contributed by atoms with Crippen LogP contribution >= 0.6 is 0 Å². The molecule has 0 bridgehead atoms. The van der Waals surface area contributed by atoms with Crippen LogP contribution < -0.4 is 10.9 Å². The summed E-state index contributed by atoms with van der Waals surface area (Å²) in [5.41, 5.74) is 5.42. The molecule has 6 nitrogen and oxygen atoms in total. The quantitative estimate of drug-likeness (QED) is 0.603. The Balaban J connectivity index is 1.42. The van der Waals surface area contributed by atoms with Crippen molar-refractivity contribution >= 4 is 22.6 Å². The van der Waals surface area contributed by atoms with E-state index in [2.05, 4.69) is 15.3 Å². The van der Waals surface area contributed by atoms with E-state index in [1.54, 1.807) is 22.9 Å². The molecule has 6 heteroatoms. The van der Waals surface area contributed by atoms with Crippen molar-refractivity contribution in [3.05, 3.63) is 88.6 Å². The molecule has 5 rings (SSSR count). The van der Waals surface area contributed by atoms with E-state index in [4.69, 9.17) is 0 Å². The molecular formula is C22H16N4O2. The molecule has 0 saturated heterocycles. The minimum absolute atomic E-state index is 0.0344. The minimum atomic E-state index is -0.0991. The second-order valence-corrected chi connectivity index (χ2v) is 6.85. The molecule has 0 spiro atoms. The average Bonchev–Trinajstić information content (AvgIpc) is 3.10. The number of hydrogen-bond acceptors (Lipinski definition) is 4. The summed E-state index contributed by atoms with van der Waals surface area (Å²) in [6, 6.07) is 17.5. The molecule has 0 unspecified atom stereocenters. The first kappa shape index (κ1) is 16.4. The van der Waals surface area contributed by atoms with Gasteiger partial charge in [0.05, 0.1) is 18.4 Å². The number of carbonyl (C=O) groups is 1. The third-order valence-corrected chi connectivity index (χ3v) is 4.97. The van der Waals surface area contributed by atoms with Gasteiger partial charge in [-0.15, -0.1) is 0 Å². The predicted molar refractivity (Wildman–Crippen MR) is 107 cm³/mol. The lowest BCUT2D eigenvalue weighted by Crippen LogP contribution is -2.21. The fourth-order valence-electron chi connectivity index (χ4n) is 3.52. The van der Waals surface area contributed by atoms with Crippen molar-refractivity contribution in [3.63, 3.8) is 0 Å². The van der Waals surface area contributed by atoms with Crippen molar-refractivity contribution in [1.29, 1.82) is 0 Å². The van der Waals surface area contributed by atoms with Crippen molar-refractivity contribution in [2.75, 3.05) is 5.32 Å². The minimum Gasteiger partial charge on any atom is -0.326 e. The van der Waals surface area contributed by atoms with E-state index in [9.17, 15) is 9.59 Å². The lowest BCUT2D eigenvalue weighted by atomic mass is 10.0. The highest BCUT2D eigenvalue weighted by molar-refractivity contribution is 5.99. The van der Waals surface area contributed by atoms with Gasteiger partial charge in [-0.2, -0.15) is 0 Å². The van der Waals surface area contributed by atoms with E-state index in [0.29, 0.717) is 24.0 Å². The van der Waals surface area contributed by atoms with Gasteiger partial charge >= 0.3 is 0 Å². The number of nitrogens with zero attached hydrogens (tertiary/aromatic N) is 3. The van der Waals surface area contributed by atoms with Crippen LogP contribution in [-0.2, 0) is 17.8 Å². The summed E-state index contributed by atoms with van der Waals surface area (Å²) < 4.78 is 1.59. The third-order valence-electron chi connectivity index (χ3n) is 4.97. The maximum Gasteiger partial charge on any atom is 0.263 e. The molecule has 0 aliphatic carbocycles. The molecule has 28 heavy (non-hydrogen) atoms. The van der Waals surface area contributed by atoms with Crippen LogP contribution in [0.2, 0.25) is 0 Å². The lowest BCUT2D eigenvalue weighted by molar-refractivity contribution is -0.115. The van der Waals surface area contributed by atoms with Crippen molar-refractivity contribution in [2.24, 2.45) is 0 Å². The van der Waals surface area contributed by atoms with Crippen LogP contribution in [-0.4, -0.2) is 20.4 Å². The molecule has 0 atom stereocenters. The molecule has 0 saturated carbocycles. The van der Waals surface area contributed by atoms with Crippen LogP contribution in [0.4, 0.5) is 5.69 Å². The van der Waals surface area contributed by atoms with Crippen molar-refractivity contribution in [3.8, 4) is 11.1 Å². The molecule has 136 valence electrons. The summed E-state index contributed by atoms with van der Waals surface area (Å²) >= 11 is 0. The predicted octanol–water partition coefficient (Wildman–Crippen LogP) is 3.00. The smallest absolute Gasteiger partial charge is 0.263 e. The Morgan fingerprint density at radius 3 is 2.64 bits per heavy atom. The van der Waals surface area contributed by atoms with E-state index in [0.717, 1.165) is 27.9 Å². The molecule has 1 N–H and O–H groups in total. The largest absolute Gasteiger partial charge is 0.326 e. The lowest BCUT2D eigenvalue weighted by Gasteiger charge is -2.08. The summed E-state index contributed by atoms with van der Waals surface area (Å²) in [6.07, 6.45) is 3.59. The number of benzene rings is 2. The molecule has 1 aliphatic heterocycles. The Labute approximate surface area is 160 Å². The maximum absolute atomic E-state index is 12.6. The van der Waals surface area contributed by atoms with E-state index in [1.165, 1.54) is 6.33 Å². The van der Waals surface area contributed by atoms with Gasteiger partial charge in [-0.25, -0.2) is 9.97 Å². The number of pyridine rings is 1. The molecule has 2 aromatic heterocycles. The molecule has 1 amide bonds. The summed E-state index contributed by atoms with van der Waals surface area (Å²) in [4.78, 5) is 32.5. The van der Waals surface area contributed by atoms with Crippen LogP contribution in [0.3, 0.4) is 0 Å². The highest BCUT2D eigenvalue weighted by atomic mass is 16.1. The molecule has 2 aromatic carbocycles. The van der Waals surface area contributed by atoms with Crippen molar-refractivity contribution in [1.82, 2.24) is 14.5 Å². The Bertz CT molecular complexity index is 1280. The maximum atomic E-state index is 12.6. The number of fused-ring (bicyclic) bond motifs is 2. The van der Waals surface area contributed by atoms with Gasteiger partial charge < -0.3 is 5.32 Å². The Morgan fingerprint density at radius 2 is 1.79 bits per heavy atom. The van der Waals surface area contributed by atoms with Crippen LogP contribution in [0.25, 0.3) is 22.2 Å². The second kappa shape index (κ2) is 6.42. The normalized spacial score (nSPS) is 12.8. The molecule has 4 aromatic rings. The molecule has 0 fully saturated rings. The standard InChI is InChI=1S/C22H16N4O2/c27-20-11-17-10-16(7-8-19(17)25-20)15-5-3-14(4-6-15)12-26-13-24-21-18(22(26)28)2-1-9-23-21/h1-10,13H,11-12H2,(H,25,27). The van der Waals surface area contributed by atoms with Gasteiger partial charge in [0.1, 0.15) is 6.33 Å². The number of carbonyl (C=O) groups excluding carboxylic acids is 1. The van der Waals surface area contributed by atoms with E-state index in [-0.39, 0.29) is 11.5 Å². The summed E-state index contributed by atoms with van der Waals surface area (Å²) in [6.45, 7) is 0.444. The number of rotatable bonds is 3. The zero-order valence-corrected chi connectivity index (χ0v) is 14.9. The first-order chi connectivity index (χ1) is 13.7. The highest BCUT2D eigenvalue weighted by Crippen LogP contribution is 2.29. The van der Waals surface area contributed by atoms with Gasteiger partial charge in [0.15, 0.2) is 5.65 Å². The van der Waals surface area contributed by atoms with E-state index >= 15 is 0 Å². The van der Waals surface area contributed by atoms with Crippen LogP contribution in [0, 0.1) is 0 Å². The Morgan fingerprint density at radius 1 is 0.964 bits per heavy atom. The molecule has 1 aliphatic rings. The summed E-state index contributed by atoms with van der Waals surface area (Å²) in [7, 11) is 0. The van der Waals surface area contributed by atoms with Gasteiger partial charge in [0, 0.05) is 11.9 Å². The average molecular weight is 368 g/mol. The second-order valence-electron chi connectivity index (χ2n) is 6.85. The summed E-state index contributed by atoms with van der Waals surface area (Å²) in [5, 5.41) is 3.37. The molecule has 0 radical (unpaired) electrons. The van der Waals surface area contributed by atoms with Gasteiger partial charge in [0.25, 0.3) is 5.56 Å². The number of nitrogens with one attached hydrogen (secondary N) is 1. The fraction of sp³-hybridized carbons (Fsp3) is 0.0909. The monoisotopic (exact) mass is 368 g/mol. The number of anilines is 1. The van der Waals surface area contributed by atoms with E-state index in [1.807, 2.05) is 42.5 Å². The van der Waals surface area contributed by atoms with Crippen LogP contribution in [0.1, 0.15) is 11.1 Å². The Kier molecular flexibility index (Phi) is 3.76. The molecular weight excluding hydrogens is 352 g/mol. The highest BCUT2D eigenvalue weighted by Gasteiger charge is 2.17. The van der Waals surface area contributed by atoms with Gasteiger partial charge in [-0.1, -0.05) is 30.3 Å². The SMILES string of the molecule is O=C1Cc2cc(-c3ccc(Cn4cnc5ncccc5c4=O)cc3)ccc2N1. The third kappa shape index (κ3) is 2.85. The fourth-order valence-corrected chi connectivity index (χ4v) is 3.52. The van der Waals surface area contributed by atoms with Crippen molar-refractivity contribution in [2.45, 2.75) is 13.0 Å². The first-order valence-electron chi connectivity index (χ1n) is 9.00. The molecule has 3 heterocycles. The number of hydrogen-bond donors (Lipinski definition) is 1. The topological polar surface area (TPSA) is 76.9 Å². The van der Waals surface area contributed by atoms with Crippen LogP contribution in [0.5, 0.6) is 0 Å². The first-order valence-corrected chi connectivity index (χ1v) is 9.00. The Hall–Kier alpha value is -3.80. The number of aromatic nitrogens is 3. The van der Waals surface area contributed by atoms with Gasteiger partial charge in [0.2, 0.25) is 5.91 Å². The van der Waals surface area contributed by atoms with Crippen LogP contribution in [0.15, 0.2) is 71.9 Å². The zero-order valence-electron chi connectivity index (χ0n) is 14.9.